The predicted molar refractivity (Wildman–Crippen MR) is 93.1 cm³/mol. The molecule has 148 valence electrons. The smallest absolute Gasteiger partial charge is 0.489 e. The van der Waals surface area contributed by atoms with Crippen LogP contribution in [0.4, 0.5) is 13.2 Å². The van der Waals surface area contributed by atoms with Crippen LogP contribution in [0.2, 0.25) is 0 Å². The highest BCUT2D eigenvalue weighted by atomic mass is 19.4. The summed E-state index contributed by atoms with van der Waals surface area (Å²) in [5.41, 5.74) is 7.35. The maximum absolute atomic E-state index is 12.3. The third-order valence-corrected chi connectivity index (χ3v) is 4.47. The second-order valence-electron chi connectivity index (χ2n) is 6.48. The molecule has 1 aromatic carbocycles. The van der Waals surface area contributed by atoms with E-state index < -0.39 is 6.36 Å². The zero-order chi connectivity index (χ0) is 19.9. The highest BCUT2D eigenvalue weighted by molar-refractivity contribution is 5.86. The highest BCUT2D eigenvalue weighted by Gasteiger charge is 2.31. The molecule has 0 radical (unpaired) electrons. The largest absolute Gasteiger partial charge is 0.573 e. The molecule has 1 saturated carbocycles. The Morgan fingerprint density at radius 2 is 1.89 bits per heavy atom. The minimum Gasteiger partial charge on any atom is -0.489 e. The number of rotatable bonds is 5. The molecular formula is C18H17F3N4O3. The standard InChI is InChI=1S/C18H17F3N4O3/c19-18(20,21)28-12-3-1-10(2-4-12)25-17-16(14(9-22)24-25)15(5-6-23-17)27-13-7-11(26)8-13/h1-6,11,13,26H,7-9,22H2/t11-,13+. The Morgan fingerprint density at radius 1 is 1.18 bits per heavy atom. The molecule has 7 nitrogen and oxygen atoms in total. The molecular weight excluding hydrogens is 377 g/mol. The molecule has 0 aliphatic heterocycles. The Kier molecular flexibility index (Phi) is 4.60. The SMILES string of the molecule is NCc1nn(-c2ccc(OC(F)(F)F)cc2)c2nccc(O[C@H]3C[C@@H](O)C3)c12. The fourth-order valence-electron chi connectivity index (χ4n) is 3.11. The van der Waals surface area contributed by atoms with E-state index in [-0.39, 0.29) is 24.5 Å². The Labute approximate surface area is 157 Å². The second kappa shape index (κ2) is 6.95. The molecule has 0 unspecified atom stereocenters. The number of aliphatic hydroxyl groups excluding tert-OH is 1. The zero-order valence-corrected chi connectivity index (χ0v) is 14.6. The van der Waals surface area contributed by atoms with Gasteiger partial charge in [0.15, 0.2) is 5.65 Å². The highest BCUT2D eigenvalue weighted by Crippen LogP contribution is 2.33. The number of nitrogens with zero attached hydrogens (tertiary/aromatic N) is 3. The molecule has 3 N–H and O–H groups in total. The number of aromatic nitrogens is 3. The normalized spacial score (nSPS) is 19.5. The summed E-state index contributed by atoms with van der Waals surface area (Å²) in [4.78, 5) is 4.34. The monoisotopic (exact) mass is 394 g/mol. The Bertz CT molecular complexity index is 982. The lowest BCUT2D eigenvalue weighted by Gasteiger charge is -2.31. The zero-order valence-electron chi connectivity index (χ0n) is 14.6. The van der Waals surface area contributed by atoms with Gasteiger partial charge in [-0.3, -0.25) is 0 Å². The summed E-state index contributed by atoms with van der Waals surface area (Å²) in [6.45, 7) is 0.133. The minimum absolute atomic E-state index is 0.0895. The molecule has 0 spiro atoms. The van der Waals surface area contributed by atoms with Crippen LogP contribution in [-0.2, 0) is 6.54 Å². The summed E-state index contributed by atoms with van der Waals surface area (Å²) < 4.78 is 48.3. The van der Waals surface area contributed by atoms with Gasteiger partial charge in [0.25, 0.3) is 0 Å². The summed E-state index contributed by atoms with van der Waals surface area (Å²) in [6.07, 6.45) is -2.53. The van der Waals surface area contributed by atoms with Crippen LogP contribution in [0.25, 0.3) is 16.7 Å². The van der Waals surface area contributed by atoms with Crippen LogP contribution in [0.3, 0.4) is 0 Å². The first kappa shape index (κ1) is 18.5. The fraction of sp³-hybridized carbons (Fsp3) is 0.333. The van der Waals surface area contributed by atoms with Crippen molar-refractivity contribution in [1.29, 1.82) is 0 Å². The van der Waals surface area contributed by atoms with E-state index in [1.54, 1.807) is 12.3 Å². The number of alkyl halides is 3. The van der Waals surface area contributed by atoms with Gasteiger partial charge in [0.2, 0.25) is 0 Å². The molecule has 1 aliphatic carbocycles. The van der Waals surface area contributed by atoms with Crippen molar-refractivity contribution >= 4 is 11.0 Å². The lowest BCUT2D eigenvalue weighted by Crippen LogP contribution is -2.37. The van der Waals surface area contributed by atoms with Crippen LogP contribution in [-0.4, -0.2) is 38.4 Å². The fourth-order valence-corrected chi connectivity index (χ4v) is 3.11. The first-order valence-electron chi connectivity index (χ1n) is 8.61. The van der Waals surface area contributed by atoms with E-state index in [4.69, 9.17) is 10.5 Å². The average Bonchev–Trinajstić information content (AvgIpc) is 2.99. The Balaban J connectivity index is 1.70. The topological polar surface area (TPSA) is 95.4 Å². The predicted octanol–water partition coefficient (Wildman–Crippen LogP) is 2.68. The number of benzene rings is 1. The Hall–Kier alpha value is -2.85. The number of fused-ring (bicyclic) bond motifs is 1. The molecule has 1 fully saturated rings. The maximum atomic E-state index is 12.3. The molecule has 1 aliphatic rings. The summed E-state index contributed by atoms with van der Waals surface area (Å²) in [6, 6.07) is 7.01. The lowest BCUT2D eigenvalue weighted by atomic mass is 9.92. The maximum Gasteiger partial charge on any atom is 0.573 e. The molecule has 2 heterocycles. The summed E-state index contributed by atoms with van der Waals surface area (Å²) in [7, 11) is 0. The van der Waals surface area contributed by atoms with Gasteiger partial charge in [-0.2, -0.15) is 5.10 Å². The minimum atomic E-state index is -4.75. The van der Waals surface area contributed by atoms with Gasteiger partial charge in [0, 0.05) is 25.6 Å². The van der Waals surface area contributed by atoms with Crippen molar-refractivity contribution in [2.24, 2.45) is 5.73 Å². The van der Waals surface area contributed by atoms with E-state index in [1.807, 2.05) is 0 Å². The third-order valence-electron chi connectivity index (χ3n) is 4.47. The number of ether oxygens (including phenoxy) is 2. The van der Waals surface area contributed by atoms with Crippen LogP contribution >= 0.6 is 0 Å². The Morgan fingerprint density at radius 3 is 2.50 bits per heavy atom. The number of pyridine rings is 1. The van der Waals surface area contributed by atoms with Crippen molar-refractivity contribution in [3.63, 3.8) is 0 Å². The molecule has 4 rings (SSSR count). The summed E-state index contributed by atoms with van der Waals surface area (Å²) in [5.74, 6) is 0.234. The van der Waals surface area contributed by atoms with Gasteiger partial charge in [-0.15, -0.1) is 13.2 Å². The van der Waals surface area contributed by atoms with Crippen LogP contribution in [0.1, 0.15) is 18.5 Å². The van der Waals surface area contributed by atoms with E-state index in [9.17, 15) is 18.3 Å². The van der Waals surface area contributed by atoms with Crippen molar-refractivity contribution in [3.05, 3.63) is 42.2 Å². The van der Waals surface area contributed by atoms with Crippen molar-refractivity contribution in [2.75, 3.05) is 0 Å². The van der Waals surface area contributed by atoms with E-state index in [1.165, 1.54) is 28.9 Å². The molecule has 28 heavy (non-hydrogen) atoms. The molecule has 10 heteroatoms. The van der Waals surface area contributed by atoms with Crippen LogP contribution in [0.5, 0.6) is 11.5 Å². The van der Waals surface area contributed by atoms with E-state index in [0.29, 0.717) is 41.0 Å². The summed E-state index contributed by atoms with van der Waals surface area (Å²) in [5, 5.41) is 14.5. The third kappa shape index (κ3) is 3.60. The van der Waals surface area contributed by atoms with Gasteiger partial charge in [-0.25, -0.2) is 9.67 Å². The molecule has 0 bridgehead atoms. The van der Waals surface area contributed by atoms with E-state index in [2.05, 4.69) is 14.8 Å². The van der Waals surface area contributed by atoms with Gasteiger partial charge in [-0.1, -0.05) is 0 Å². The van der Waals surface area contributed by atoms with Crippen LogP contribution in [0.15, 0.2) is 36.5 Å². The first-order chi connectivity index (χ1) is 13.3. The summed E-state index contributed by atoms with van der Waals surface area (Å²) >= 11 is 0. The van der Waals surface area contributed by atoms with Crippen molar-refractivity contribution in [2.45, 2.75) is 38.0 Å². The first-order valence-corrected chi connectivity index (χ1v) is 8.61. The number of aliphatic hydroxyl groups is 1. The molecule has 0 atom stereocenters. The van der Waals surface area contributed by atoms with Gasteiger partial charge < -0.3 is 20.3 Å². The van der Waals surface area contributed by atoms with Crippen LogP contribution in [0, 0.1) is 0 Å². The van der Waals surface area contributed by atoms with Crippen molar-refractivity contribution in [1.82, 2.24) is 14.8 Å². The number of halogens is 3. The quantitative estimate of drug-likeness (QED) is 0.691. The van der Waals surface area contributed by atoms with Gasteiger partial charge in [-0.05, 0) is 30.3 Å². The van der Waals surface area contributed by atoms with E-state index in [0.717, 1.165) is 0 Å². The average molecular weight is 394 g/mol. The second-order valence-corrected chi connectivity index (χ2v) is 6.48. The van der Waals surface area contributed by atoms with Crippen molar-refractivity contribution < 1.29 is 27.8 Å². The molecule has 0 saturated heterocycles. The van der Waals surface area contributed by atoms with Gasteiger partial charge in [0.05, 0.1) is 22.9 Å². The molecule has 0 amide bonds. The lowest BCUT2D eigenvalue weighted by molar-refractivity contribution is -0.274. The van der Waals surface area contributed by atoms with Gasteiger partial charge in [0.1, 0.15) is 17.6 Å². The molecule has 2 aromatic heterocycles. The van der Waals surface area contributed by atoms with Gasteiger partial charge >= 0.3 is 6.36 Å². The number of nitrogens with two attached hydrogens (primary N) is 1. The van der Waals surface area contributed by atoms with E-state index >= 15 is 0 Å². The number of hydrogen-bond acceptors (Lipinski definition) is 6. The van der Waals surface area contributed by atoms with Crippen molar-refractivity contribution in [3.8, 4) is 17.2 Å². The number of hydrogen-bond donors (Lipinski definition) is 2. The molecule has 3 aromatic rings. The van der Waals surface area contributed by atoms with Crippen LogP contribution < -0.4 is 15.2 Å².